The first-order chi connectivity index (χ1) is 15.2. The molecule has 170 valence electrons. The Morgan fingerprint density at radius 3 is 2.34 bits per heavy atom. The maximum atomic E-state index is 13.0. The largest absolute Gasteiger partial charge is 0.493 e. The van der Waals surface area contributed by atoms with Crippen LogP contribution in [0.5, 0.6) is 17.2 Å². The molecule has 1 heterocycles. The van der Waals surface area contributed by atoms with Gasteiger partial charge in [-0.25, -0.2) is 4.39 Å². The number of ether oxygens (including phenoxy) is 3. The summed E-state index contributed by atoms with van der Waals surface area (Å²) in [5.41, 5.74) is 0.678. The van der Waals surface area contributed by atoms with Gasteiger partial charge in [-0.2, -0.15) is 13.2 Å². The second-order valence-corrected chi connectivity index (χ2v) is 6.69. The summed E-state index contributed by atoms with van der Waals surface area (Å²) in [7, 11) is 1.29. The third-order valence-corrected chi connectivity index (χ3v) is 4.41. The fraction of sp³-hybridized carbons (Fsp3) is 0.227. The van der Waals surface area contributed by atoms with E-state index >= 15 is 0 Å². The molecule has 1 atom stereocenters. The Balaban J connectivity index is 1.73. The van der Waals surface area contributed by atoms with Gasteiger partial charge in [-0.3, -0.25) is 9.36 Å². The Labute approximate surface area is 180 Å². The lowest BCUT2D eigenvalue weighted by Gasteiger charge is -2.17. The topological polar surface area (TPSA) is 69.9 Å². The highest BCUT2D eigenvalue weighted by Crippen LogP contribution is 2.30. The van der Waals surface area contributed by atoms with Gasteiger partial charge in [0.25, 0.3) is 5.56 Å². The number of pyridine rings is 1. The number of aliphatic hydroxyl groups excluding tert-OH is 1. The number of hydrogen-bond donors (Lipinski definition) is 1. The maximum absolute atomic E-state index is 13.0. The van der Waals surface area contributed by atoms with E-state index in [0.29, 0.717) is 11.4 Å². The molecule has 1 N–H and O–H groups in total. The van der Waals surface area contributed by atoms with Gasteiger partial charge >= 0.3 is 6.18 Å². The molecule has 0 saturated heterocycles. The summed E-state index contributed by atoms with van der Waals surface area (Å²) in [6, 6.07) is 12.8. The number of aliphatic hydroxyl groups is 1. The molecule has 0 aliphatic carbocycles. The van der Waals surface area contributed by atoms with Crippen molar-refractivity contribution >= 4 is 0 Å². The van der Waals surface area contributed by atoms with Crippen LogP contribution in [0.1, 0.15) is 5.56 Å². The van der Waals surface area contributed by atoms with Gasteiger partial charge in [0.05, 0.1) is 12.8 Å². The van der Waals surface area contributed by atoms with Crippen LogP contribution in [0.15, 0.2) is 65.6 Å². The molecule has 0 bridgehead atoms. The zero-order chi connectivity index (χ0) is 23.3. The second-order valence-electron chi connectivity index (χ2n) is 6.69. The molecule has 3 aromatic rings. The van der Waals surface area contributed by atoms with E-state index < -0.39 is 24.4 Å². The number of benzene rings is 2. The minimum absolute atomic E-state index is 0.0214. The Morgan fingerprint density at radius 1 is 1.00 bits per heavy atom. The molecule has 0 aliphatic rings. The van der Waals surface area contributed by atoms with E-state index in [9.17, 15) is 22.4 Å². The standard InChI is InChI=1S/C22H19F4NO5/c1-30-19-10-16(6-7-18(19)32-13-20(28)22(24,25)26)27-9-8-17(11-21(27)29)31-12-14-2-4-15(23)5-3-14/h2-11,20,28H,12-13H2,1H3. The Bertz CT molecular complexity index is 1110. The first kappa shape index (κ1) is 23.1. The molecule has 3 rings (SSSR count). The second kappa shape index (κ2) is 9.73. The van der Waals surface area contributed by atoms with Crippen LogP contribution >= 0.6 is 0 Å². The molecule has 2 aromatic carbocycles. The van der Waals surface area contributed by atoms with Crippen LogP contribution in [0, 0.1) is 5.82 Å². The van der Waals surface area contributed by atoms with Crippen molar-refractivity contribution in [2.45, 2.75) is 18.9 Å². The molecule has 0 amide bonds. The van der Waals surface area contributed by atoms with Crippen molar-refractivity contribution in [1.82, 2.24) is 4.57 Å². The van der Waals surface area contributed by atoms with Crippen LogP contribution in [0.2, 0.25) is 0 Å². The van der Waals surface area contributed by atoms with E-state index in [0.717, 1.165) is 5.56 Å². The van der Waals surface area contributed by atoms with Crippen molar-refractivity contribution in [3.05, 3.63) is 82.5 Å². The predicted molar refractivity (Wildman–Crippen MR) is 107 cm³/mol. The lowest BCUT2D eigenvalue weighted by atomic mass is 10.2. The van der Waals surface area contributed by atoms with Crippen molar-refractivity contribution in [1.29, 1.82) is 0 Å². The summed E-state index contributed by atoms with van der Waals surface area (Å²) < 4.78 is 67.2. The normalized spacial score (nSPS) is 12.3. The Kier molecular flexibility index (Phi) is 7.04. The van der Waals surface area contributed by atoms with Crippen LogP contribution in [0.4, 0.5) is 17.6 Å². The predicted octanol–water partition coefficient (Wildman–Crippen LogP) is 3.87. The zero-order valence-electron chi connectivity index (χ0n) is 16.8. The van der Waals surface area contributed by atoms with E-state index in [-0.39, 0.29) is 23.9 Å². The first-order valence-corrected chi connectivity index (χ1v) is 9.33. The molecule has 0 radical (unpaired) electrons. The smallest absolute Gasteiger partial charge is 0.417 e. The molecular weight excluding hydrogens is 434 g/mol. The minimum atomic E-state index is -4.80. The number of rotatable bonds is 8. The molecule has 10 heteroatoms. The van der Waals surface area contributed by atoms with Gasteiger partial charge in [0.1, 0.15) is 24.8 Å². The third kappa shape index (κ3) is 5.79. The van der Waals surface area contributed by atoms with Crippen LogP contribution in [0.25, 0.3) is 5.69 Å². The summed E-state index contributed by atoms with van der Waals surface area (Å²) >= 11 is 0. The summed E-state index contributed by atoms with van der Waals surface area (Å²) in [5, 5.41) is 9.07. The maximum Gasteiger partial charge on any atom is 0.417 e. The first-order valence-electron chi connectivity index (χ1n) is 9.33. The summed E-state index contributed by atoms with van der Waals surface area (Å²) in [5.74, 6) is 0.00983. The highest BCUT2D eigenvalue weighted by molar-refractivity contribution is 5.49. The Hall–Kier alpha value is -3.53. The molecule has 0 aliphatic heterocycles. The molecule has 6 nitrogen and oxygen atoms in total. The van der Waals surface area contributed by atoms with E-state index in [1.807, 2.05) is 0 Å². The SMILES string of the molecule is COc1cc(-n2ccc(OCc3ccc(F)cc3)cc2=O)ccc1OCC(O)C(F)(F)F. The van der Waals surface area contributed by atoms with Gasteiger partial charge in [0.2, 0.25) is 0 Å². The molecular formula is C22H19F4NO5. The van der Waals surface area contributed by atoms with E-state index in [4.69, 9.17) is 19.3 Å². The zero-order valence-corrected chi connectivity index (χ0v) is 16.8. The van der Waals surface area contributed by atoms with Gasteiger partial charge in [-0.15, -0.1) is 0 Å². The third-order valence-electron chi connectivity index (χ3n) is 4.41. The molecule has 32 heavy (non-hydrogen) atoms. The lowest BCUT2D eigenvalue weighted by Crippen LogP contribution is -2.34. The molecule has 0 spiro atoms. The highest BCUT2D eigenvalue weighted by Gasteiger charge is 2.38. The monoisotopic (exact) mass is 453 g/mol. The quantitative estimate of drug-likeness (QED) is 0.525. The number of halogens is 4. The minimum Gasteiger partial charge on any atom is -0.493 e. The summed E-state index contributed by atoms with van der Waals surface area (Å²) in [4.78, 5) is 12.5. The van der Waals surface area contributed by atoms with Crippen LogP contribution in [-0.4, -0.2) is 35.7 Å². The molecule has 0 saturated carbocycles. The number of hydrogen-bond acceptors (Lipinski definition) is 5. The lowest BCUT2D eigenvalue weighted by molar-refractivity contribution is -0.210. The van der Waals surface area contributed by atoms with Crippen molar-refractivity contribution in [2.75, 3.05) is 13.7 Å². The Morgan fingerprint density at radius 2 is 1.72 bits per heavy atom. The van der Waals surface area contributed by atoms with E-state index in [2.05, 4.69) is 0 Å². The van der Waals surface area contributed by atoms with Crippen molar-refractivity contribution in [3.8, 4) is 22.9 Å². The van der Waals surface area contributed by atoms with Gasteiger partial charge in [-0.1, -0.05) is 12.1 Å². The average molecular weight is 453 g/mol. The van der Waals surface area contributed by atoms with Crippen LogP contribution < -0.4 is 19.8 Å². The van der Waals surface area contributed by atoms with Gasteiger partial charge in [-0.05, 0) is 35.9 Å². The number of methoxy groups -OCH3 is 1. The van der Waals surface area contributed by atoms with Crippen molar-refractivity contribution < 1.29 is 36.9 Å². The number of alkyl halides is 3. The molecule has 1 aromatic heterocycles. The van der Waals surface area contributed by atoms with Crippen molar-refractivity contribution in [3.63, 3.8) is 0 Å². The highest BCUT2D eigenvalue weighted by atomic mass is 19.4. The number of aromatic nitrogens is 1. The van der Waals surface area contributed by atoms with Gasteiger partial charge < -0.3 is 19.3 Å². The van der Waals surface area contributed by atoms with Gasteiger partial charge in [0, 0.05) is 18.3 Å². The summed E-state index contributed by atoms with van der Waals surface area (Å²) in [6.45, 7) is -0.855. The van der Waals surface area contributed by atoms with Crippen LogP contribution in [0.3, 0.4) is 0 Å². The van der Waals surface area contributed by atoms with Crippen LogP contribution in [-0.2, 0) is 6.61 Å². The average Bonchev–Trinajstić information content (AvgIpc) is 2.76. The van der Waals surface area contributed by atoms with Crippen molar-refractivity contribution in [2.24, 2.45) is 0 Å². The summed E-state index contributed by atoms with van der Waals surface area (Å²) in [6.07, 6.45) is -5.98. The molecule has 1 unspecified atom stereocenters. The number of nitrogens with zero attached hydrogens (tertiary/aromatic N) is 1. The fourth-order valence-corrected chi connectivity index (χ4v) is 2.70. The fourth-order valence-electron chi connectivity index (χ4n) is 2.70. The van der Waals surface area contributed by atoms with E-state index in [1.165, 1.54) is 54.3 Å². The molecule has 0 fully saturated rings. The van der Waals surface area contributed by atoms with Gasteiger partial charge in [0.15, 0.2) is 17.6 Å². The van der Waals surface area contributed by atoms with E-state index in [1.54, 1.807) is 18.2 Å².